The van der Waals surface area contributed by atoms with Crippen LogP contribution in [0.3, 0.4) is 0 Å². The van der Waals surface area contributed by atoms with E-state index in [4.69, 9.17) is 9.47 Å². The first-order valence-corrected chi connectivity index (χ1v) is 11.5. The second kappa shape index (κ2) is 10.2. The molecule has 2 aliphatic heterocycles. The fourth-order valence-electron chi connectivity index (χ4n) is 4.52. The Labute approximate surface area is 206 Å². The Morgan fingerprint density at radius 1 is 1.08 bits per heavy atom. The van der Waals surface area contributed by atoms with Crippen molar-refractivity contribution >= 4 is 41.2 Å². The summed E-state index contributed by atoms with van der Waals surface area (Å²) >= 11 is 0. The Morgan fingerprint density at radius 2 is 1.75 bits per heavy atom. The normalized spacial score (nSPS) is 19.1. The SMILES string of the molecule is COC(=O)c1cc(NC(=O)[C@@H]2CC(=O)Nc3nc(N4CCC[C@@H](C)C4)[nH]c(=O)c32)cc(C(=O)OC)c1. The number of H-pyrrole nitrogens is 1. The van der Waals surface area contributed by atoms with Gasteiger partial charge in [-0.25, -0.2) is 9.59 Å². The largest absolute Gasteiger partial charge is 0.465 e. The van der Waals surface area contributed by atoms with Gasteiger partial charge in [-0.1, -0.05) is 6.92 Å². The van der Waals surface area contributed by atoms with E-state index in [1.54, 1.807) is 0 Å². The molecule has 1 aromatic heterocycles. The number of methoxy groups -OCH3 is 2. The maximum absolute atomic E-state index is 13.2. The minimum Gasteiger partial charge on any atom is -0.465 e. The number of nitrogens with zero attached hydrogens (tertiary/aromatic N) is 2. The van der Waals surface area contributed by atoms with Crippen molar-refractivity contribution in [1.82, 2.24) is 9.97 Å². The summed E-state index contributed by atoms with van der Waals surface area (Å²) in [6.45, 7) is 3.56. The zero-order chi connectivity index (χ0) is 26.0. The Morgan fingerprint density at radius 3 is 2.36 bits per heavy atom. The number of rotatable bonds is 5. The highest BCUT2D eigenvalue weighted by Crippen LogP contribution is 2.31. The summed E-state index contributed by atoms with van der Waals surface area (Å²) in [5.74, 6) is -2.89. The first-order valence-electron chi connectivity index (χ1n) is 11.5. The first-order chi connectivity index (χ1) is 17.2. The van der Waals surface area contributed by atoms with Gasteiger partial charge in [0.25, 0.3) is 5.56 Å². The monoisotopic (exact) mass is 497 g/mol. The van der Waals surface area contributed by atoms with Crippen LogP contribution in [0.5, 0.6) is 0 Å². The molecule has 2 aliphatic rings. The van der Waals surface area contributed by atoms with Gasteiger partial charge >= 0.3 is 11.9 Å². The molecule has 2 aromatic rings. The Bertz CT molecular complexity index is 1250. The van der Waals surface area contributed by atoms with Crippen molar-refractivity contribution in [2.45, 2.75) is 32.1 Å². The number of esters is 2. The highest BCUT2D eigenvalue weighted by atomic mass is 16.5. The number of nitrogens with one attached hydrogen (secondary N) is 3. The number of carbonyl (C=O) groups is 4. The van der Waals surface area contributed by atoms with Gasteiger partial charge in [-0.2, -0.15) is 4.98 Å². The van der Waals surface area contributed by atoms with Gasteiger partial charge in [0, 0.05) is 25.2 Å². The lowest BCUT2D eigenvalue weighted by molar-refractivity contribution is -0.123. The zero-order valence-electron chi connectivity index (χ0n) is 20.2. The van der Waals surface area contributed by atoms with Crippen molar-refractivity contribution in [3.63, 3.8) is 0 Å². The van der Waals surface area contributed by atoms with E-state index in [0.29, 0.717) is 11.9 Å². The lowest BCUT2D eigenvalue weighted by Crippen LogP contribution is -2.40. The van der Waals surface area contributed by atoms with Gasteiger partial charge < -0.3 is 25.0 Å². The number of aromatic amines is 1. The van der Waals surface area contributed by atoms with E-state index >= 15 is 0 Å². The molecule has 0 saturated carbocycles. The van der Waals surface area contributed by atoms with Crippen LogP contribution in [0.2, 0.25) is 0 Å². The molecule has 1 fully saturated rings. The van der Waals surface area contributed by atoms with Crippen molar-refractivity contribution in [3.05, 3.63) is 45.2 Å². The number of hydrogen-bond acceptors (Lipinski definition) is 9. The van der Waals surface area contributed by atoms with Crippen LogP contribution in [0.4, 0.5) is 17.5 Å². The fraction of sp³-hybridized carbons (Fsp3) is 0.417. The van der Waals surface area contributed by atoms with E-state index in [9.17, 15) is 24.0 Å². The number of carbonyl (C=O) groups excluding carboxylic acids is 4. The predicted molar refractivity (Wildman–Crippen MR) is 129 cm³/mol. The van der Waals surface area contributed by atoms with Gasteiger partial charge in [0.1, 0.15) is 5.82 Å². The molecule has 0 radical (unpaired) electrons. The molecule has 1 saturated heterocycles. The number of ether oxygens (including phenoxy) is 2. The van der Waals surface area contributed by atoms with Crippen LogP contribution >= 0.6 is 0 Å². The maximum atomic E-state index is 13.2. The fourth-order valence-corrected chi connectivity index (χ4v) is 4.52. The molecule has 0 aliphatic carbocycles. The lowest BCUT2D eigenvalue weighted by atomic mass is 9.92. The van der Waals surface area contributed by atoms with Gasteiger partial charge in [-0.15, -0.1) is 0 Å². The average molecular weight is 498 g/mol. The molecule has 0 bridgehead atoms. The summed E-state index contributed by atoms with van der Waals surface area (Å²) < 4.78 is 9.42. The van der Waals surface area contributed by atoms with Crippen LogP contribution in [-0.4, -0.2) is 61.0 Å². The second-order valence-corrected chi connectivity index (χ2v) is 8.92. The van der Waals surface area contributed by atoms with Gasteiger partial charge in [-0.3, -0.25) is 19.4 Å². The number of benzene rings is 1. The average Bonchev–Trinajstić information content (AvgIpc) is 2.86. The highest BCUT2D eigenvalue weighted by molar-refractivity contribution is 6.05. The summed E-state index contributed by atoms with van der Waals surface area (Å²) in [5.41, 5.74) is -0.362. The van der Waals surface area contributed by atoms with Crippen LogP contribution in [0.15, 0.2) is 23.0 Å². The quantitative estimate of drug-likeness (QED) is 0.522. The highest BCUT2D eigenvalue weighted by Gasteiger charge is 2.35. The van der Waals surface area contributed by atoms with E-state index in [1.807, 2.05) is 4.90 Å². The van der Waals surface area contributed by atoms with Crippen molar-refractivity contribution in [3.8, 4) is 0 Å². The molecule has 2 atom stereocenters. The zero-order valence-corrected chi connectivity index (χ0v) is 20.2. The minimum absolute atomic E-state index is 0.0115. The van der Waals surface area contributed by atoms with Gasteiger partial charge in [-0.05, 0) is 37.0 Å². The van der Waals surface area contributed by atoms with Crippen molar-refractivity contribution in [2.24, 2.45) is 5.92 Å². The Balaban J connectivity index is 1.66. The first kappa shape index (κ1) is 24.9. The van der Waals surface area contributed by atoms with Crippen molar-refractivity contribution < 1.29 is 28.7 Å². The molecule has 4 rings (SSSR count). The maximum Gasteiger partial charge on any atom is 0.337 e. The topological polar surface area (TPSA) is 160 Å². The van der Waals surface area contributed by atoms with E-state index in [0.717, 1.165) is 25.9 Å². The molecule has 190 valence electrons. The third-order valence-corrected chi connectivity index (χ3v) is 6.25. The minimum atomic E-state index is -1.14. The van der Waals surface area contributed by atoms with Crippen LogP contribution in [0.25, 0.3) is 0 Å². The number of piperidine rings is 1. The standard InChI is InChI=1S/C24H27N5O7/c1-12-5-4-6-29(11-12)24-27-19-18(21(32)28-24)16(10-17(30)26-19)20(31)25-15-8-13(22(33)35-2)7-14(9-15)23(34)36-3/h7-9,12,16H,4-6,10-11H2,1-3H3,(H,25,31)(H2,26,27,28,30,32)/t12-,16-/m1/s1. The molecule has 1 aromatic carbocycles. The van der Waals surface area contributed by atoms with E-state index in [2.05, 4.69) is 27.5 Å². The number of aromatic nitrogens is 2. The molecule has 0 spiro atoms. The van der Waals surface area contributed by atoms with Crippen LogP contribution in [0, 0.1) is 5.92 Å². The number of hydrogen-bond donors (Lipinski definition) is 3. The summed E-state index contributed by atoms with van der Waals surface area (Å²) in [7, 11) is 2.36. The lowest BCUT2D eigenvalue weighted by Gasteiger charge is -2.32. The summed E-state index contributed by atoms with van der Waals surface area (Å²) in [6, 6.07) is 3.92. The molecule has 12 heteroatoms. The molecule has 36 heavy (non-hydrogen) atoms. The third kappa shape index (κ3) is 5.07. The van der Waals surface area contributed by atoms with E-state index < -0.39 is 35.2 Å². The number of anilines is 3. The second-order valence-electron chi connectivity index (χ2n) is 8.92. The van der Waals surface area contributed by atoms with E-state index in [-0.39, 0.29) is 34.6 Å². The molecule has 3 N–H and O–H groups in total. The van der Waals surface area contributed by atoms with Gasteiger partial charge in [0.05, 0.1) is 36.8 Å². The van der Waals surface area contributed by atoms with E-state index in [1.165, 1.54) is 32.4 Å². The summed E-state index contributed by atoms with van der Waals surface area (Å²) in [5, 5.41) is 5.20. The molecular formula is C24H27N5O7. The van der Waals surface area contributed by atoms with Crippen molar-refractivity contribution in [1.29, 1.82) is 0 Å². The molecular weight excluding hydrogens is 470 g/mol. The van der Waals surface area contributed by atoms with Crippen LogP contribution < -0.4 is 21.1 Å². The third-order valence-electron chi connectivity index (χ3n) is 6.25. The molecule has 2 amide bonds. The molecule has 3 heterocycles. The molecule has 12 nitrogen and oxygen atoms in total. The molecule has 0 unspecified atom stereocenters. The number of amides is 2. The summed E-state index contributed by atoms with van der Waals surface area (Å²) in [4.78, 5) is 72.0. The van der Waals surface area contributed by atoms with Gasteiger partial charge in [0.2, 0.25) is 17.8 Å². The van der Waals surface area contributed by atoms with Gasteiger partial charge in [0.15, 0.2) is 0 Å². The van der Waals surface area contributed by atoms with Crippen LogP contribution in [0.1, 0.15) is 58.4 Å². The summed E-state index contributed by atoms with van der Waals surface area (Å²) in [6.07, 6.45) is 1.77. The smallest absolute Gasteiger partial charge is 0.337 e. The van der Waals surface area contributed by atoms with Crippen LogP contribution in [-0.2, 0) is 19.1 Å². The Kier molecular flexibility index (Phi) is 7.04. The Hall–Kier alpha value is -4.22. The number of fused-ring (bicyclic) bond motifs is 1. The predicted octanol–water partition coefficient (Wildman–Crippen LogP) is 1.64. The van der Waals surface area contributed by atoms with Crippen molar-refractivity contribution in [2.75, 3.05) is 42.8 Å².